The van der Waals surface area contributed by atoms with Gasteiger partial charge < -0.3 is 14.5 Å². The monoisotopic (exact) mass is 528 g/mol. The maximum Gasteiger partial charge on any atom is 0.410 e. The highest BCUT2D eigenvalue weighted by atomic mass is 16.6. The first kappa shape index (κ1) is 27.0. The number of aryl methyl sites for hydroxylation is 2. The highest BCUT2D eigenvalue weighted by molar-refractivity contribution is 5.95. The van der Waals surface area contributed by atoms with Crippen LogP contribution < -0.4 is 0 Å². The van der Waals surface area contributed by atoms with Crippen LogP contribution in [0.15, 0.2) is 54.7 Å². The van der Waals surface area contributed by atoms with Crippen LogP contribution in [0.2, 0.25) is 0 Å². The van der Waals surface area contributed by atoms with Crippen molar-refractivity contribution in [2.45, 2.75) is 71.3 Å². The van der Waals surface area contributed by atoms with E-state index >= 15 is 0 Å². The van der Waals surface area contributed by atoms with Gasteiger partial charge in [0, 0.05) is 38.0 Å². The second-order valence-corrected chi connectivity index (χ2v) is 12.0. The third kappa shape index (κ3) is 5.87. The van der Waals surface area contributed by atoms with E-state index in [-0.39, 0.29) is 17.9 Å². The first-order valence-electron chi connectivity index (χ1n) is 14.1. The van der Waals surface area contributed by atoms with Gasteiger partial charge in [-0.15, -0.1) is 0 Å². The number of likely N-dealkylation sites (tertiary alicyclic amines) is 2. The number of benzene rings is 2. The van der Waals surface area contributed by atoms with E-state index in [1.54, 1.807) is 11.1 Å². The number of hydrogen-bond donors (Lipinski definition) is 0. The maximum atomic E-state index is 14.0. The number of aromatic nitrogens is 2. The molecule has 7 heteroatoms. The van der Waals surface area contributed by atoms with Crippen LogP contribution in [-0.4, -0.2) is 63.4 Å². The largest absolute Gasteiger partial charge is 0.444 e. The summed E-state index contributed by atoms with van der Waals surface area (Å²) in [6, 6.07) is 16.8. The molecule has 2 saturated heterocycles. The molecule has 3 aromatic rings. The Morgan fingerprint density at radius 2 is 1.54 bits per heavy atom. The first-order valence-corrected chi connectivity index (χ1v) is 14.1. The Hall–Kier alpha value is -3.61. The van der Waals surface area contributed by atoms with Crippen LogP contribution in [-0.2, 0) is 4.74 Å². The van der Waals surface area contributed by atoms with Crippen molar-refractivity contribution in [1.29, 1.82) is 0 Å². The lowest BCUT2D eigenvalue weighted by atomic mass is 9.90. The van der Waals surface area contributed by atoms with E-state index in [9.17, 15) is 9.59 Å². The molecule has 0 unspecified atom stereocenters. The molecule has 0 bridgehead atoms. The number of carbonyl (C=O) groups excluding carboxylic acids is 2. The van der Waals surface area contributed by atoms with Crippen LogP contribution in [0.3, 0.4) is 0 Å². The fraction of sp³-hybridized carbons (Fsp3) is 0.469. The topological polar surface area (TPSA) is 67.7 Å². The van der Waals surface area contributed by atoms with Gasteiger partial charge in [0.2, 0.25) is 0 Å². The Morgan fingerprint density at radius 1 is 0.872 bits per heavy atom. The minimum absolute atomic E-state index is 0.0492. The molecule has 2 aliphatic rings. The van der Waals surface area contributed by atoms with Crippen LogP contribution >= 0.6 is 0 Å². The van der Waals surface area contributed by atoms with Gasteiger partial charge in [0.15, 0.2) is 0 Å². The number of ether oxygens (including phenoxy) is 1. The Bertz CT molecular complexity index is 1330. The fourth-order valence-corrected chi connectivity index (χ4v) is 5.75. The van der Waals surface area contributed by atoms with Gasteiger partial charge in [-0.05, 0) is 82.7 Å². The van der Waals surface area contributed by atoms with E-state index < -0.39 is 5.60 Å². The Labute approximate surface area is 231 Å². The average molecular weight is 529 g/mol. The molecule has 1 aromatic heterocycles. The predicted molar refractivity (Wildman–Crippen MR) is 153 cm³/mol. The summed E-state index contributed by atoms with van der Waals surface area (Å²) in [5.74, 6) is 0.512. The second-order valence-electron chi connectivity index (χ2n) is 12.0. The summed E-state index contributed by atoms with van der Waals surface area (Å²) >= 11 is 0. The minimum Gasteiger partial charge on any atom is -0.444 e. The molecule has 2 amide bonds. The third-order valence-corrected chi connectivity index (χ3v) is 8.05. The zero-order valence-electron chi connectivity index (χ0n) is 23.8. The number of carbonyl (C=O) groups is 2. The van der Waals surface area contributed by atoms with Gasteiger partial charge in [-0.1, -0.05) is 36.4 Å². The lowest BCUT2D eigenvalue weighted by molar-refractivity contribution is 0.0203. The molecular formula is C32H40N4O3. The molecule has 0 aliphatic carbocycles. The van der Waals surface area contributed by atoms with Gasteiger partial charge in [0.05, 0.1) is 23.1 Å². The van der Waals surface area contributed by atoms with Crippen LogP contribution in [0.4, 0.5) is 4.79 Å². The third-order valence-electron chi connectivity index (χ3n) is 8.05. The number of piperidine rings is 1. The van der Waals surface area contributed by atoms with Crippen molar-refractivity contribution < 1.29 is 14.3 Å². The van der Waals surface area contributed by atoms with E-state index in [0.717, 1.165) is 37.2 Å². The summed E-state index contributed by atoms with van der Waals surface area (Å²) in [6.07, 6.45) is 3.95. The Morgan fingerprint density at radius 3 is 2.21 bits per heavy atom. The summed E-state index contributed by atoms with van der Waals surface area (Å²) in [5, 5.41) is 4.77. The van der Waals surface area contributed by atoms with Crippen molar-refractivity contribution >= 4 is 12.0 Å². The molecule has 7 nitrogen and oxygen atoms in total. The minimum atomic E-state index is -0.525. The zero-order valence-corrected chi connectivity index (χ0v) is 23.8. The van der Waals surface area contributed by atoms with E-state index in [0.29, 0.717) is 31.1 Å². The molecule has 1 atom stereocenters. The predicted octanol–water partition coefficient (Wildman–Crippen LogP) is 6.23. The second kappa shape index (κ2) is 10.9. The van der Waals surface area contributed by atoms with Crippen LogP contribution in [0, 0.1) is 13.8 Å². The summed E-state index contributed by atoms with van der Waals surface area (Å²) in [7, 11) is 0. The van der Waals surface area contributed by atoms with E-state index in [1.165, 1.54) is 16.7 Å². The van der Waals surface area contributed by atoms with Gasteiger partial charge in [0.25, 0.3) is 5.91 Å². The molecule has 2 aromatic carbocycles. The van der Waals surface area contributed by atoms with E-state index in [1.807, 2.05) is 36.4 Å². The quantitative estimate of drug-likeness (QED) is 0.402. The molecule has 0 N–H and O–H groups in total. The van der Waals surface area contributed by atoms with Gasteiger partial charge in [-0.25, -0.2) is 9.48 Å². The standard InChI is InChI=1S/C32H40N4O3/c1-22-11-12-27(19-23(22)2)36-29(25-13-16-34(17-14-25)31(38)39-32(3,4)5)28(20-33-36)30(37)35-18-15-26(21-35)24-9-7-6-8-10-24/h6-12,19-20,25-26H,13-18,21H2,1-5H3/t26-/m1/s1. The fourth-order valence-electron chi connectivity index (χ4n) is 5.75. The summed E-state index contributed by atoms with van der Waals surface area (Å²) < 4.78 is 7.56. The smallest absolute Gasteiger partial charge is 0.410 e. The van der Waals surface area contributed by atoms with Crippen molar-refractivity contribution in [2.24, 2.45) is 0 Å². The Kier molecular flexibility index (Phi) is 7.52. The average Bonchev–Trinajstić information content (AvgIpc) is 3.58. The summed E-state index contributed by atoms with van der Waals surface area (Å²) in [4.78, 5) is 30.4. The van der Waals surface area contributed by atoms with Gasteiger partial charge in [-0.2, -0.15) is 5.10 Å². The lowest BCUT2D eigenvalue weighted by Crippen LogP contribution is -2.41. The summed E-state index contributed by atoms with van der Waals surface area (Å²) in [5.41, 5.74) is 5.76. The SMILES string of the molecule is Cc1ccc(-n2ncc(C(=O)N3CC[C@@H](c4ccccc4)C3)c2C2CCN(C(=O)OC(C)(C)C)CC2)cc1C. The number of hydrogen-bond acceptors (Lipinski definition) is 4. The van der Waals surface area contributed by atoms with Gasteiger partial charge in [-0.3, -0.25) is 4.79 Å². The summed E-state index contributed by atoms with van der Waals surface area (Å²) in [6.45, 7) is 12.5. The van der Waals surface area contributed by atoms with Crippen molar-refractivity contribution in [3.63, 3.8) is 0 Å². The number of amides is 2. The molecule has 2 aliphatic heterocycles. The lowest BCUT2D eigenvalue weighted by Gasteiger charge is -2.34. The maximum absolute atomic E-state index is 14.0. The zero-order chi connectivity index (χ0) is 27.7. The highest BCUT2D eigenvalue weighted by Crippen LogP contribution is 2.35. The number of nitrogens with zero attached hydrogens (tertiary/aromatic N) is 4. The van der Waals surface area contributed by atoms with E-state index in [2.05, 4.69) is 56.3 Å². The molecule has 3 heterocycles. The van der Waals surface area contributed by atoms with Crippen molar-refractivity contribution in [2.75, 3.05) is 26.2 Å². The van der Waals surface area contributed by atoms with Gasteiger partial charge in [0.1, 0.15) is 5.60 Å². The van der Waals surface area contributed by atoms with Crippen molar-refractivity contribution in [1.82, 2.24) is 19.6 Å². The Balaban J connectivity index is 1.41. The van der Waals surface area contributed by atoms with Crippen LogP contribution in [0.5, 0.6) is 0 Å². The molecule has 5 rings (SSSR count). The normalized spacial score (nSPS) is 18.4. The molecular weight excluding hydrogens is 488 g/mol. The molecule has 0 spiro atoms. The van der Waals surface area contributed by atoms with Crippen molar-refractivity contribution in [3.05, 3.63) is 82.7 Å². The van der Waals surface area contributed by atoms with Crippen molar-refractivity contribution in [3.8, 4) is 5.69 Å². The highest BCUT2D eigenvalue weighted by Gasteiger charge is 2.35. The van der Waals surface area contributed by atoms with Crippen LogP contribution in [0.1, 0.15) is 84.6 Å². The van der Waals surface area contributed by atoms with Crippen LogP contribution in [0.25, 0.3) is 5.69 Å². The molecule has 39 heavy (non-hydrogen) atoms. The number of rotatable bonds is 4. The van der Waals surface area contributed by atoms with Gasteiger partial charge >= 0.3 is 6.09 Å². The molecule has 2 fully saturated rings. The molecule has 0 radical (unpaired) electrons. The molecule has 0 saturated carbocycles. The first-order chi connectivity index (χ1) is 18.6. The van der Waals surface area contributed by atoms with E-state index in [4.69, 9.17) is 9.84 Å². The molecule has 206 valence electrons.